The van der Waals surface area contributed by atoms with Gasteiger partial charge in [-0.3, -0.25) is 0 Å². The molecule has 0 aliphatic heterocycles. The van der Waals surface area contributed by atoms with Gasteiger partial charge in [-0.1, -0.05) is 31.5 Å². The molecule has 1 aromatic rings. The van der Waals surface area contributed by atoms with Crippen LogP contribution in [0, 0.1) is 0 Å². The summed E-state index contributed by atoms with van der Waals surface area (Å²) in [6.45, 7) is 5.97. The molecular weight excluding hydrogens is 186 g/mol. The molecule has 0 fully saturated rings. The fourth-order valence-corrected chi connectivity index (χ4v) is 1.51. The van der Waals surface area contributed by atoms with Gasteiger partial charge in [0.05, 0.1) is 6.10 Å². The van der Waals surface area contributed by atoms with Crippen molar-refractivity contribution < 1.29 is 5.11 Å². The molecule has 2 atom stereocenters. The molecule has 1 rings (SSSR count). The molecular formula is C13H21NO. The lowest BCUT2D eigenvalue weighted by atomic mass is 10.1. The first-order valence-electron chi connectivity index (χ1n) is 5.67. The number of aryl methyl sites for hydroxylation is 1. The van der Waals surface area contributed by atoms with Crippen molar-refractivity contribution in [2.75, 3.05) is 5.32 Å². The highest BCUT2D eigenvalue weighted by Crippen LogP contribution is 2.18. The summed E-state index contributed by atoms with van der Waals surface area (Å²) in [5.41, 5.74) is 2.47. The summed E-state index contributed by atoms with van der Waals surface area (Å²) in [5.74, 6) is 0. The van der Waals surface area contributed by atoms with Gasteiger partial charge < -0.3 is 10.4 Å². The first-order chi connectivity index (χ1) is 7.15. The van der Waals surface area contributed by atoms with Gasteiger partial charge in [-0.2, -0.15) is 0 Å². The molecule has 1 aromatic carbocycles. The highest BCUT2D eigenvalue weighted by atomic mass is 16.3. The molecule has 0 bridgehead atoms. The van der Waals surface area contributed by atoms with Crippen molar-refractivity contribution in [3.8, 4) is 0 Å². The molecule has 0 heterocycles. The lowest BCUT2D eigenvalue weighted by molar-refractivity contribution is 0.178. The standard InChI is InChI=1S/C13H21NO/c1-4-7-12-8-5-6-9-13(12)14-10(2)11(3)15/h5-6,8-11,14-15H,4,7H2,1-3H3. The Morgan fingerprint density at radius 1 is 1.27 bits per heavy atom. The number of hydrogen-bond acceptors (Lipinski definition) is 2. The lowest BCUT2D eigenvalue weighted by Gasteiger charge is -2.20. The second-order valence-corrected chi connectivity index (χ2v) is 4.08. The van der Waals surface area contributed by atoms with Gasteiger partial charge in [-0.15, -0.1) is 0 Å². The minimum atomic E-state index is -0.334. The SMILES string of the molecule is CCCc1ccccc1NC(C)C(C)O. The Morgan fingerprint density at radius 2 is 1.93 bits per heavy atom. The maximum Gasteiger partial charge on any atom is 0.0710 e. The van der Waals surface area contributed by atoms with Gasteiger partial charge >= 0.3 is 0 Å². The second-order valence-electron chi connectivity index (χ2n) is 4.08. The molecule has 0 aromatic heterocycles. The first kappa shape index (κ1) is 12.1. The number of aliphatic hydroxyl groups is 1. The monoisotopic (exact) mass is 207 g/mol. The lowest BCUT2D eigenvalue weighted by Crippen LogP contribution is -2.28. The third-order valence-corrected chi connectivity index (χ3v) is 2.64. The number of anilines is 1. The molecule has 0 saturated carbocycles. The smallest absolute Gasteiger partial charge is 0.0710 e. The number of rotatable bonds is 5. The minimum Gasteiger partial charge on any atom is -0.391 e. The molecule has 0 aliphatic rings. The topological polar surface area (TPSA) is 32.3 Å². The van der Waals surface area contributed by atoms with Crippen LogP contribution in [0.15, 0.2) is 24.3 Å². The Balaban J connectivity index is 2.74. The van der Waals surface area contributed by atoms with Gasteiger partial charge in [0.1, 0.15) is 0 Å². The van der Waals surface area contributed by atoms with Crippen LogP contribution in [0.3, 0.4) is 0 Å². The van der Waals surface area contributed by atoms with Crippen molar-refractivity contribution in [3.63, 3.8) is 0 Å². The van der Waals surface area contributed by atoms with E-state index in [-0.39, 0.29) is 12.1 Å². The zero-order valence-electron chi connectivity index (χ0n) is 9.83. The molecule has 0 saturated heterocycles. The van der Waals surface area contributed by atoms with Crippen molar-refractivity contribution in [1.29, 1.82) is 0 Å². The number of nitrogens with one attached hydrogen (secondary N) is 1. The summed E-state index contributed by atoms with van der Waals surface area (Å²) >= 11 is 0. The molecule has 84 valence electrons. The largest absolute Gasteiger partial charge is 0.391 e. The fraction of sp³-hybridized carbons (Fsp3) is 0.538. The van der Waals surface area contributed by atoms with Crippen LogP contribution in [0.1, 0.15) is 32.8 Å². The molecule has 15 heavy (non-hydrogen) atoms. The zero-order valence-corrected chi connectivity index (χ0v) is 9.83. The number of aliphatic hydroxyl groups excluding tert-OH is 1. The Labute approximate surface area is 92.3 Å². The minimum absolute atomic E-state index is 0.0861. The van der Waals surface area contributed by atoms with E-state index in [0.717, 1.165) is 18.5 Å². The predicted molar refractivity (Wildman–Crippen MR) is 65.2 cm³/mol. The van der Waals surface area contributed by atoms with Gasteiger partial charge in [0.25, 0.3) is 0 Å². The van der Waals surface area contributed by atoms with E-state index in [1.807, 2.05) is 13.0 Å². The highest BCUT2D eigenvalue weighted by Gasteiger charge is 2.09. The summed E-state index contributed by atoms with van der Waals surface area (Å²) < 4.78 is 0. The van der Waals surface area contributed by atoms with Crippen LogP contribution in [0.4, 0.5) is 5.69 Å². The molecule has 0 aliphatic carbocycles. The Kier molecular flexibility index (Phi) is 4.63. The third kappa shape index (κ3) is 3.56. The summed E-state index contributed by atoms with van der Waals surface area (Å²) in [4.78, 5) is 0. The van der Waals surface area contributed by atoms with Crippen LogP contribution in [-0.4, -0.2) is 17.3 Å². The zero-order chi connectivity index (χ0) is 11.3. The second kappa shape index (κ2) is 5.76. The van der Waals surface area contributed by atoms with Gasteiger partial charge in [-0.25, -0.2) is 0 Å². The van der Waals surface area contributed by atoms with Crippen LogP contribution < -0.4 is 5.32 Å². The maximum atomic E-state index is 9.44. The van der Waals surface area contributed by atoms with E-state index in [4.69, 9.17) is 0 Å². The molecule has 2 nitrogen and oxygen atoms in total. The normalized spacial score (nSPS) is 14.7. The Bertz CT molecular complexity index is 296. The Hall–Kier alpha value is -1.02. The number of benzene rings is 1. The molecule has 2 unspecified atom stereocenters. The maximum absolute atomic E-state index is 9.44. The van der Waals surface area contributed by atoms with Crippen molar-refractivity contribution in [2.45, 2.75) is 45.8 Å². The van der Waals surface area contributed by atoms with Gasteiger partial charge in [-0.05, 0) is 31.9 Å². The number of para-hydroxylation sites is 1. The van der Waals surface area contributed by atoms with Gasteiger partial charge in [0.2, 0.25) is 0 Å². The van der Waals surface area contributed by atoms with E-state index in [9.17, 15) is 5.11 Å². The Morgan fingerprint density at radius 3 is 2.53 bits per heavy atom. The van der Waals surface area contributed by atoms with Crippen molar-refractivity contribution >= 4 is 5.69 Å². The predicted octanol–water partition coefficient (Wildman–Crippen LogP) is 2.82. The number of hydrogen-bond donors (Lipinski definition) is 2. The van der Waals surface area contributed by atoms with E-state index in [1.54, 1.807) is 6.92 Å². The average molecular weight is 207 g/mol. The summed E-state index contributed by atoms with van der Waals surface area (Å²) in [5, 5.41) is 12.8. The van der Waals surface area contributed by atoms with Crippen LogP contribution in [0.2, 0.25) is 0 Å². The summed E-state index contributed by atoms with van der Waals surface area (Å²) in [6, 6.07) is 8.38. The first-order valence-corrected chi connectivity index (χ1v) is 5.67. The van der Waals surface area contributed by atoms with E-state index < -0.39 is 0 Å². The molecule has 0 spiro atoms. The van der Waals surface area contributed by atoms with E-state index in [2.05, 4.69) is 30.4 Å². The fourth-order valence-electron chi connectivity index (χ4n) is 1.51. The molecule has 0 amide bonds. The summed E-state index contributed by atoms with van der Waals surface area (Å²) in [7, 11) is 0. The van der Waals surface area contributed by atoms with Crippen LogP contribution in [0.25, 0.3) is 0 Å². The quantitative estimate of drug-likeness (QED) is 0.778. The van der Waals surface area contributed by atoms with Crippen molar-refractivity contribution in [1.82, 2.24) is 0 Å². The van der Waals surface area contributed by atoms with Crippen molar-refractivity contribution in [3.05, 3.63) is 29.8 Å². The summed E-state index contributed by atoms with van der Waals surface area (Å²) in [6.07, 6.45) is 1.89. The third-order valence-electron chi connectivity index (χ3n) is 2.64. The van der Waals surface area contributed by atoms with E-state index >= 15 is 0 Å². The highest BCUT2D eigenvalue weighted by molar-refractivity contribution is 5.51. The van der Waals surface area contributed by atoms with Crippen LogP contribution in [0.5, 0.6) is 0 Å². The van der Waals surface area contributed by atoms with Crippen LogP contribution in [-0.2, 0) is 6.42 Å². The average Bonchev–Trinajstić information content (AvgIpc) is 2.21. The van der Waals surface area contributed by atoms with Gasteiger partial charge in [0, 0.05) is 11.7 Å². The molecule has 0 radical (unpaired) electrons. The van der Waals surface area contributed by atoms with E-state index in [1.165, 1.54) is 5.56 Å². The van der Waals surface area contributed by atoms with E-state index in [0.29, 0.717) is 0 Å². The van der Waals surface area contributed by atoms with Gasteiger partial charge in [0.15, 0.2) is 0 Å². The van der Waals surface area contributed by atoms with Crippen molar-refractivity contribution in [2.24, 2.45) is 0 Å². The molecule has 2 heteroatoms. The van der Waals surface area contributed by atoms with Crippen LogP contribution >= 0.6 is 0 Å². The molecule has 2 N–H and O–H groups in total.